The molecule has 0 heterocycles. The first-order valence-corrected chi connectivity index (χ1v) is 8.02. The van der Waals surface area contributed by atoms with Crippen molar-refractivity contribution in [1.29, 1.82) is 0 Å². The summed E-state index contributed by atoms with van der Waals surface area (Å²) in [5, 5.41) is 2.92. The molecular formula is C19H20N2O3. The average molecular weight is 324 g/mol. The summed E-state index contributed by atoms with van der Waals surface area (Å²) < 4.78 is 5.29. The molecule has 1 aliphatic carbocycles. The molecule has 2 aromatic rings. The van der Waals surface area contributed by atoms with Crippen molar-refractivity contribution < 1.29 is 14.3 Å². The summed E-state index contributed by atoms with van der Waals surface area (Å²) in [6.07, 6.45) is 1.92. The van der Waals surface area contributed by atoms with Gasteiger partial charge in [0.05, 0.1) is 0 Å². The molecule has 0 unspecified atom stereocenters. The standard InChI is InChI=1S/C19H20N2O3/c1-21(19(23)24-17-5-3-2-4-6-17)16-11-9-15(10-12-16)18(22)20-13-14-7-8-14/h2-6,9-12,14H,7-8,13H2,1H3,(H,20,22). The van der Waals surface area contributed by atoms with E-state index in [1.54, 1.807) is 55.6 Å². The number of carbonyl (C=O) groups is 2. The van der Waals surface area contributed by atoms with Gasteiger partial charge in [0.2, 0.25) is 0 Å². The lowest BCUT2D eigenvalue weighted by molar-refractivity contribution is 0.0952. The smallest absolute Gasteiger partial charge is 0.410 e. The van der Waals surface area contributed by atoms with E-state index in [1.807, 2.05) is 6.07 Å². The summed E-state index contributed by atoms with van der Waals surface area (Å²) in [5.41, 5.74) is 1.25. The van der Waals surface area contributed by atoms with Crippen molar-refractivity contribution in [3.05, 3.63) is 60.2 Å². The first kappa shape index (κ1) is 16.1. The number of hydrogen-bond acceptors (Lipinski definition) is 3. The largest absolute Gasteiger partial charge is 0.419 e. The highest BCUT2D eigenvalue weighted by Gasteiger charge is 2.22. The Morgan fingerprint density at radius 3 is 2.38 bits per heavy atom. The van der Waals surface area contributed by atoms with Crippen LogP contribution in [0.1, 0.15) is 23.2 Å². The van der Waals surface area contributed by atoms with Gasteiger partial charge in [-0.15, -0.1) is 0 Å². The van der Waals surface area contributed by atoms with E-state index in [1.165, 1.54) is 17.7 Å². The summed E-state index contributed by atoms with van der Waals surface area (Å²) in [6, 6.07) is 15.8. The van der Waals surface area contributed by atoms with Crippen molar-refractivity contribution in [3.63, 3.8) is 0 Å². The number of nitrogens with one attached hydrogen (secondary N) is 1. The maximum atomic E-state index is 12.1. The molecule has 2 amide bonds. The van der Waals surface area contributed by atoms with Gasteiger partial charge >= 0.3 is 6.09 Å². The maximum absolute atomic E-state index is 12.1. The number of hydrogen-bond donors (Lipinski definition) is 1. The quantitative estimate of drug-likeness (QED) is 0.916. The fourth-order valence-corrected chi connectivity index (χ4v) is 2.26. The van der Waals surface area contributed by atoms with Crippen LogP contribution in [-0.4, -0.2) is 25.6 Å². The molecular weight excluding hydrogens is 304 g/mol. The molecule has 1 saturated carbocycles. The van der Waals surface area contributed by atoms with Crippen molar-refractivity contribution in [2.45, 2.75) is 12.8 Å². The molecule has 0 bridgehead atoms. The molecule has 5 nitrogen and oxygen atoms in total. The molecule has 1 N–H and O–H groups in total. The number of anilines is 1. The van der Waals surface area contributed by atoms with Gasteiger partial charge in [-0.2, -0.15) is 0 Å². The second kappa shape index (κ2) is 7.17. The average Bonchev–Trinajstić information content (AvgIpc) is 3.44. The van der Waals surface area contributed by atoms with E-state index in [4.69, 9.17) is 4.74 Å². The Kier molecular flexibility index (Phi) is 4.79. The number of carbonyl (C=O) groups excluding carboxylic acids is 2. The SMILES string of the molecule is CN(C(=O)Oc1ccccc1)c1ccc(C(=O)NCC2CC2)cc1. The fraction of sp³-hybridized carbons (Fsp3) is 0.263. The monoisotopic (exact) mass is 324 g/mol. The molecule has 1 aliphatic rings. The third-order valence-electron chi connectivity index (χ3n) is 3.99. The third kappa shape index (κ3) is 4.13. The fourth-order valence-electron chi connectivity index (χ4n) is 2.26. The van der Waals surface area contributed by atoms with Crippen LogP contribution < -0.4 is 15.0 Å². The van der Waals surface area contributed by atoms with Gasteiger partial charge in [0.25, 0.3) is 5.91 Å². The van der Waals surface area contributed by atoms with E-state index in [0.29, 0.717) is 22.9 Å². The van der Waals surface area contributed by atoms with Gasteiger partial charge in [-0.25, -0.2) is 4.79 Å². The first-order valence-electron chi connectivity index (χ1n) is 8.02. The predicted molar refractivity (Wildman–Crippen MR) is 92.4 cm³/mol. The Balaban J connectivity index is 1.59. The summed E-state index contributed by atoms with van der Waals surface area (Å²) >= 11 is 0. The number of amides is 2. The van der Waals surface area contributed by atoms with Crippen LogP contribution in [0.2, 0.25) is 0 Å². The molecule has 0 aliphatic heterocycles. The Morgan fingerprint density at radius 1 is 1.08 bits per heavy atom. The van der Waals surface area contributed by atoms with Crippen LogP contribution in [0.3, 0.4) is 0 Å². The lowest BCUT2D eigenvalue weighted by atomic mass is 10.2. The van der Waals surface area contributed by atoms with Crippen molar-refractivity contribution in [2.24, 2.45) is 5.92 Å². The van der Waals surface area contributed by atoms with Crippen LogP contribution >= 0.6 is 0 Å². The van der Waals surface area contributed by atoms with Crippen LogP contribution in [0.5, 0.6) is 5.75 Å². The molecule has 0 saturated heterocycles. The van der Waals surface area contributed by atoms with Crippen molar-refractivity contribution in [1.82, 2.24) is 5.32 Å². The van der Waals surface area contributed by atoms with E-state index in [2.05, 4.69) is 5.32 Å². The molecule has 5 heteroatoms. The molecule has 1 fully saturated rings. The summed E-state index contributed by atoms with van der Waals surface area (Å²) in [4.78, 5) is 25.6. The number of rotatable bonds is 5. The third-order valence-corrected chi connectivity index (χ3v) is 3.99. The highest BCUT2D eigenvalue weighted by Crippen LogP contribution is 2.27. The number of benzene rings is 2. The highest BCUT2D eigenvalue weighted by molar-refractivity contribution is 5.95. The zero-order valence-corrected chi connectivity index (χ0v) is 13.6. The van der Waals surface area contributed by atoms with Gasteiger partial charge < -0.3 is 10.1 Å². The minimum Gasteiger partial charge on any atom is -0.410 e. The topological polar surface area (TPSA) is 58.6 Å². The maximum Gasteiger partial charge on any atom is 0.419 e. The lowest BCUT2D eigenvalue weighted by Gasteiger charge is -2.17. The molecule has 0 atom stereocenters. The lowest BCUT2D eigenvalue weighted by Crippen LogP contribution is -2.29. The van der Waals surface area contributed by atoms with E-state index >= 15 is 0 Å². The van der Waals surface area contributed by atoms with E-state index < -0.39 is 6.09 Å². The van der Waals surface area contributed by atoms with Crippen LogP contribution in [-0.2, 0) is 0 Å². The minimum atomic E-state index is -0.480. The van der Waals surface area contributed by atoms with Gasteiger partial charge in [0.15, 0.2) is 0 Å². The van der Waals surface area contributed by atoms with Gasteiger partial charge in [-0.1, -0.05) is 18.2 Å². The first-order chi connectivity index (χ1) is 11.6. The molecule has 0 spiro atoms. The Labute approximate surface area is 141 Å². The van der Waals surface area contributed by atoms with Crippen LogP contribution in [0.25, 0.3) is 0 Å². The van der Waals surface area contributed by atoms with E-state index in [9.17, 15) is 9.59 Å². The number of nitrogens with zero attached hydrogens (tertiary/aromatic N) is 1. The molecule has 24 heavy (non-hydrogen) atoms. The molecule has 0 aromatic heterocycles. The minimum absolute atomic E-state index is 0.0806. The van der Waals surface area contributed by atoms with Crippen molar-refractivity contribution in [2.75, 3.05) is 18.5 Å². The summed E-state index contributed by atoms with van der Waals surface area (Å²) in [7, 11) is 1.63. The molecule has 2 aromatic carbocycles. The predicted octanol–water partition coefficient (Wildman–Crippen LogP) is 3.46. The zero-order valence-electron chi connectivity index (χ0n) is 13.6. The van der Waals surface area contributed by atoms with Crippen LogP contribution in [0, 0.1) is 5.92 Å². The zero-order chi connectivity index (χ0) is 16.9. The number of para-hydroxylation sites is 1. The summed E-state index contributed by atoms with van der Waals surface area (Å²) in [6.45, 7) is 0.740. The van der Waals surface area contributed by atoms with E-state index in [0.717, 1.165) is 6.54 Å². The Bertz CT molecular complexity index is 709. The Morgan fingerprint density at radius 2 is 1.75 bits per heavy atom. The van der Waals surface area contributed by atoms with Gasteiger partial charge in [-0.3, -0.25) is 9.69 Å². The van der Waals surface area contributed by atoms with E-state index in [-0.39, 0.29) is 5.91 Å². The summed E-state index contributed by atoms with van der Waals surface area (Å²) in [5.74, 6) is 1.06. The molecule has 0 radical (unpaired) electrons. The van der Waals surface area contributed by atoms with Gasteiger partial charge in [0, 0.05) is 24.8 Å². The molecule has 124 valence electrons. The van der Waals surface area contributed by atoms with Crippen LogP contribution in [0.15, 0.2) is 54.6 Å². The second-order valence-corrected chi connectivity index (χ2v) is 5.94. The number of ether oxygens (including phenoxy) is 1. The van der Waals surface area contributed by atoms with Crippen molar-refractivity contribution >= 4 is 17.7 Å². The van der Waals surface area contributed by atoms with Crippen molar-refractivity contribution in [3.8, 4) is 5.75 Å². The second-order valence-electron chi connectivity index (χ2n) is 5.94. The normalized spacial score (nSPS) is 13.2. The molecule has 3 rings (SSSR count). The Hall–Kier alpha value is -2.82. The highest BCUT2D eigenvalue weighted by atomic mass is 16.6. The van der Waals surface area contributed by atoms with Gasteiger partial charge in [0.1, 0.15) is 5.75 Å². The van der Waals surface area contributed by atoms with Crippen LogP contribution in [0.4, 0.5) is 10.5 Å². The van der Waals surface area contributed by atoms with Gasteiger partial charge in [-0.05, 0) is 55.2 Å².